The van der Waals surface area contributed by atoms with Gasteiger partial charge in [-0.05, 0) is 37.6 Å². The van der Waals surface area contributed by atoms with Crippen molar-refractivity contribution in [2.45, 2.75) is 19.9 Å². The van der Waals surface area contributed by atoms with Crippen molar-refractivity contribution >= 4 is 34.6 Å². The fraction of sp³-hybridized carbons (Fsp3) is 0.235. The van der Waals surface area contributed by atoms with Crippen LogP contribution in [0.2, 0.25) is 5.02 Å². The van der Waals surface area contributed by atoms with Gasteiger partial charge in [0.05, 0.1) is 17.7 Å². The van der Waals surface area contributed by atoms with Crippen molar-refractivity contribution in [3.05, 3.63) is 57.1 Å². The Bertz CT molecular complexity index is 810. The third kappa shape index (κ3) is 4.60. The lowest BCUT2D eigenvalue weighted by Gasteiger charge is -2.17. The number of benzene rings is 2. The van der Waals surface area contributed by atoms with Crippen molar-refractivity contribution in [3.63, 3.8) is 0 Å². The lowest BCUT2D eigenvalue weighted by molar-refractivity contribution is -0.384. The van der Waals surface area contributed by atoms with E-state index in [9.17, 15) is 14.9 Å². The van der Waals surface area contributed by atoms with Gasteiger partial charge in [-0.2, -0.15) is 0 Å². The second-order valence-electron chi connectivity index (χ2n) is 5.46. The summed E-state index contributed by atoms with van der Waals surface area (Å²) in [5.74, 6) is -0.0278. The average molecular weight is 364 g/mol. The summed E-state index contributed by atoms with van der Waals surface area (Å²) < 4.78 is 5.13. The highest BCUT2D eigenvalue weighted by atomic mass is 35.5. The number of nitrogens with one attached hydrogen (secondary N) is 2. The highest BCUT2D eigenvalue weighted by molar-refractivity contribution is 6.31. The van der Waals surface area contributed by atoms with Crippen LogP contribution in [-0.4, -0.2) is 24.0 Å². The maximum Gasteiger partial charge on any atom is 0.271 e. The molecule has 0 fully saturated rings. The van der Waals surface area contributed by atoms with Crippen LogP contribution >= 0.6 is 11.6 Å². The summed E-state index contributed by atoms with van der Waals surface area (Å²) in [4.78, 5) is 22.7. The molecule has 1 amide bonds. The van der Waals surface area contributed by atoms with Gasteiger partial charge in [0.15, 0.2) is 0 Å². The van der Waals surface area contributed by atoms with Gasteiger partial charge in [-0.1, -0.05) is 17.7 Å². The molecule has 7 nitrogen and oxygen atoms in total. The minimum absolute atomic E-state index is 0.137. The van der Waals surface area contributed by atoms with E-state index in [1.807, 2.05) is 19.1 Å². The van der Waals surface area contributed by atoms with E-state index in [1.54, 1.807) is 13.0 Å². The molecule has 2 aromatic rings. The Kier molecular flexibility index (Phi) is 5.82. The number of anilines is 2. The van der Waals surface area contributed by atoms with Gasteiger partial charge in [0.2, 0.25) is 5.91 Å². The zero-order valence-corrected chi connectivity index (χ0v) is 14.8. The van der Waals surface area contributed by atoms with Crippen molar-refractivity contribution < 1.29 is 14.5 Å². The van der Waals surface area contributed by atoms with Crippen molar-refractivity contribution in [3.8, 4) is 5.75 Å². The number of halogens is 1. The number of carbonyl (C=O) groups excluding carboxylic acids is 1. The molecule has 1 atom stereocenters. The van der Waals surface area contributed by atoms with Crippen LogP contribution in [0.1, 0.15) is 12.5 Å². The summed E-state index contributed by atoms with van der Waals surface area (Å²) in [7, 11) is 1.42. The molecular weight excluding hydrogens is 346 g/mol. The number of amides is 1. The molecular formula is C17H18ClN3O4. The number of ether oxygens (including phenoxy) is 1. The molecule has 1 unspecified atom stereocenters. The maximum atomic E-state index is 12.4. The molecule has 2 rings (SSSR count). The van der Waals surface area contributed by atoms with E-state index in [1.165, 1.54) is 25.3 Å². The Balaban J connectivity index is 2.13. The number of non-ortho nitro benzene ring substituents is 1. The number of nitrogens with zero attached hydrogens (tertiary/aromatic N) is 1. The van der Waals surface area contributed by atoms with Gasteiger partial charge in [0.25, 0.3) is 5.69 Å². The van der Waals surface area contributed by atoms with Crippen molar-refractivity contribution in [2.75, 3.05) is 17.7 Å². The molecule has 0 bridgehead atoms. The Morgan fingerprint density at radius 2 is 2.00 bits per heavy atom. The summed E-state index contributed by atoms with van der Waals surface area (Å²) in [5, 5.41) is 17.2. The third-order valence-electron chi connectivity index (χ3n) is 3.60. The molecule has 2 aromatic carbocycles. The lowest BCUT2D eigenvalue weighted by Crippen LogP contribution is -2.32. The molecule has 0 spiro atoms. The molecule has 0 heterocycles. The first-order valence-electron chi connectivity index (χ1n) is 7.48. The van der Waals surface area contributed by atoms with Crippen LogP contribution in [0.5, 0.6) is 5.75 Å². The SMILES string of the molecule is COc1ccc([N+](=O)[O-])cc1NC(=O)C(C)Nc1ccc(C)c(Cl)c1. The van der Waals surface area contributed by atoms with Gasteiger partial charge in [0, 0.05) is 22.8 Å². The summed E-state index contributed by atoms with van der Waals surface area (Å²) >= 11 is 6.07. The number of hydrogen-bond acceptors (Lipinski definition) is 5. The van der Waals surface area contributed by atoms with Crippen LogP contribution in [0.15, 0.2) is 36.4 Å². The normalized spacial score (nSPS) is 11.5. The molecule has 0 radical (unpaired) electrons. The monoisotopic (exact) mass is 363 g/mol. The second kappa shape index (κ2) is 7.85. The van der Waals surface area contributed by atoms with Crippen molar-refractivity contribution in [2.24, 2.45) is 0 Å². The topological polar surface area (TPSA) is 93.5 Å². The first-order valence-corrected chi connectivity index (χ1v) is 7.85. The van der Waals surface area contributed by atoms with E-state index in [0.717, 1.165) is 5.56 Å². The summed E-state index contributed by atoms with van der Waals surface area (Å²) in [6.45, 7) is 3.56. The molecule has 0 saturated carbocycles. The van der Waals surface area contributed by atoms with Crippen LogP contribution < -0.4 is 15.4 Å². The first-order chi connectivity index (χ1) is 11.8. The zero-order valence-electron chi connectivity index (χ0n) is 14.0. The van der Waals surface area contributed by atoms with E-state index in [0.29, 0.717) is 16.5 Å². The molecule has 0 aromatic heterocycles. The summed E-state index contributed by atoms with van der Waals surface area (Å²) in [6, 6.07) is 8.80. The molecule has 132 valence electrons. The van der Waals surface area contributed by atoms with Crippen LogP contribution in [0.25, 0.3) is 0 Å². The van der Waals surface area contributed by atoms with E-state index in [-0.39, 0.29) is 17.3 Å². The van der Waals surface area contributed by atoms with E-state index >= 15 is 0 Å². The van der Waals surface area contributed by atoms with Gasteiger partial charge < -0.3 is 15.4 Å². The predicted octanol–water partition coefficient (Wildman–Crippen LogP) is 4.00. The van der Waals surface area contributed by atoms with Crippen LogP contribution in [0.4, 0.5) is 17.1 Å². The number of methoxy groups -OCH3 is 1. The molecule has 8 heteroatoms. The Labute approximate surface area is 150 Å². The van der Waals surface area contributed by atoms with Crippen LogP contribution in [0, 0.1) is 17.0 Å². The maximum absolute atomic E-state index is 12.4. The van der Waals surface area contributed by atoms with Gasteiger partial charge in [-0.15, -0.1) is 0 Å². The van der Waals surface area contributed by atoms with Gasteiger partial charge in [-0.25, -0.2) is 0 Å². The van der Waals surface area contributed by atoms with E-state index < -0.39 is 11.0 Å². The second-order valence-corrected chi connectivity index (χ2v) is 5.87. The summed E-state index contributed by atoms with van der Waals surface area (Å²) in [5.41, 5.74) is 1.73. The fourth-order valence-corrected chi connectivity index (χ4v) is 2.33. The van der Waals surface area contributed by atoms with Crippen molar-refractivity contribution in [1.29, 1.82) is 0 Å². The number of nitro benzene ring substituents is 1. The van der Waals surface area contributed by atoms with E-state index in [2.05, 4.69) is 10.6 Å². The predicted molar refractivity (Wildman–Crippen MR) is 97.6 cm³/mol. The van der Waals surface area contributed by atoms with Crippen LogP contribution in [0.3, 0.4) is 0 Å². The standard InChI is InChI=1S/C17H18ClN3O4/c1-10-4-5-12(8-14(10)18)19-11(2)17(22)20-15-9-13(21(23)24)6-7-16(15)25-3/h4-9,11,19H,1-3H3,(H,20,22). The number of nitro groups is 1. The fourth-order valence-electron chi connectivity index (χ4n) is 2.15. The smallest absolute Gasteiger partial charge is 0.271 e. The lowest BCUT2D eigenvalue weighted by atomic mass is 10.2. The van der Waals surface area contributed by atoms with Crippen LogP contribution in [-0.2, 0) is 4.79 Å². The quantitative estimate of drug-likeness (QED) is 0.597. The van der Waals surface area contributed by atoms with E-state index in [4.69, 9.17) is 16.3 Å². The van der Waals surface area contributed by atoms with Gasteiger partial charge >= 0.3 is 0 Å². The highest BCUT2D eigenvalue weighted by Crippen LogP contribution is 2.29. The number of rotatable bonds is 6. The molecule has 0 saturated heterocycles. The summed E-state index contributed by atoms with van der Waals surface area (Å²) in [6.07, 6.45) is 0. The average Bonchev–Trinajstić information content (AvgIpc) is 2.57. The minimum Gasteiger partial charge on any atom is -0.495 e. The molecule has 0 aliphatic rings. The number of hydrogen-bond donors (Lipinski definition) is 2. The molecule has 0 aliphatic heterocycles. The Morgan fingerprint density at radius 3 is 2.60 bits per heavy atom. The van der Waals surface area contributed by atoms with Crippen molar-refractivity contribution in [1.82, 2.24) is 0 Å². The number of aryl methyl sites for hydroxylation is 1. The molecule has 2 N–H and O–H groups in total. The first kappa shape index (κ1) is 18.5. The van der Waals surface area contributed by atoms with Gasteiger partial charge in [0.1, 0.15) is 11.8 Å². The Morgan fingerprint density at radius 1 is 1.28 bits per heavy atom. The highest BCUT2D eigenvalue weighted by Gasteiger charge is 2.18. The number of carbonyl (C=O) groups is 1. The molecule has 0 aliphatic carbocycles. The van der Waals surface area contributed by atoms with Gasteiger partial charge in [-0.3, -0.25) is 14.9 Å². The minimum atomic E-state index is -0.595. The molecule has 25 heavy (non-hydrogen) atoms. The third-order valence-corrected chi connectivity index (χ3v) is 4.01. The largest absolute Gasteiger partial charge is 0.495 e. The Hall–Kier alpha value is -2.80. The zero-order chi connectivity index (χ0) is 18.6.